The number of imidazole rings is 1. The van der Waals surface area contributed by atoms with Gasteiger partial charge in [0.1, 0.15) is 11.6 Å². The average molecular weight is 447 g/mol. The number of methoxy groups -OCH3 is 1. The second-order valence-corrected chi connectivity index (χ2v) is 8.31. The minimum absolute atomic E-state index is 0.0903. The molecule has 1 amide bonds. The molecule has 5 rings (SSSR count). The number of benzene rings is 2. The van der Waals surface area contributed by atoms with Crippen LogP contribution >= 0.6 is 0 Å². The van der Waals surface area contributed by atoms with Gasteiger partial charge in [-0.3, -0.25) is 4.79 Å². The van der Waals surface area contributed by atoms with E-state index in [0.717, 1.165) is 35.5 Å². The maximum atomic E-state index is 12.9. The molecule has 1 saturated heterocycles. The number of nitrogens with zero attached hydrogens (tertiary/aromatic N) is 3. The van der Waals surface area contributed by atoms with E-state index in [-0.39, 0.29) is 17.8 Å². The second-order valence-electron chi connectivity index (χ2n) is 8.31. The van der Waals surface area contributed by atoms with Gasteiger partial charge in [-0.15, -0.1) is 0 Å². The van der Waals surface area contributed by atoms with Crippen molar-refractivity contribution >= 4 is 28.5 Å². The predicted octanol–water partition coefficient (Wildman–Crippen LogP) is 3.13. The van der Waals surface area contributed by atoms with Crippen LogP contribution in [-0.4, -0.2) is 57.8 Å². The molecule has 0 bridgehead atoms. The van der Waals surface area contributed by atoms with Crippen LogP contribution in [0.15, 0.2) is 48.5 Å². The zero-order valence-electron chi connectivity index (χ0n) is 18.4. The number of esters is 1. The fraction of sp³-hybridized carbons (Fsp3) is 0.320. The van der Waals surface area contributed by atoms with Crippen molar-refractivity contribution in [3.05, 3.63) is 65.5 Å². The van der Waals surface area contributed by atoms with Crippen LogP contribution in [0.25, 0.3) is 16.6 Å². The van der Waals surface area contributed by atoms with Gasteiger partial charge in [-0.05, 0) is 42.7 Å². The Morgan fingerprint density at radius 1 is 1.27 bits per heavy atom. The minimum atomic E-state index is -0.404. The van der Waals surface area contributed by atoms with Crippen LogP contribution in [0.4, 0.5) is 0 Å². The number of rotatable bonds is 6. The van der Waals surface area contributed by atoms with E-state index in [4.69, 9.17) is 14.5 Å². The Balaban J connectivity index is 1.44. The summed E-state index contributed by atoms with van der Waals surface area (Å²) in [5.74, 6) is 0.399. The second kappa shape index (κ2) is 8.71. The van der Waals surface area contributed by atoms with Gasteiger partial charge in [0.25, 0.3) is 0 Å². The van der Waals surface area contributed by atoms with E-state index >= 15 is 0 Å². The van der Waals surface area contributed by atoms with E-state index < -0.39 is 5.97 Å². The van der Waals surface area contributed by atoms with Crippen molar-refractivity contribution in [2.45, 2.75) is 32.0 Å². The van der Waals surface area contributed by atoms with Crippen molar-refractivity contribution in [2.24, 2.45) is 0 Å². The first-order valence-electron chi connectivity index (χ1n) is 11.0. The number of aromatic hydroxyl groups is 1. The molecule has 1 aromatic heterocycles. The zero-order chi connectivity index (χ0) is 22.9. The Hall–Kier alpha value is -3.65. The van der Waals surface area contributed by atoms with Crippen LogP contribution in [0.2, 0.25) is 0 Å². The molecule has 170 valence electrons. The lowest BCUT2D eigenvalue weighted by molar-refractivity contribution is -0.127. The van der Waals surface area contributed by atoms with E-state index in [1.54, 1.807) is 41.3 Å². The monoisotopic (exact) mass is 447 g/mol. The van der Waals surface area contributed by atoms with Crippen LogP contribution in [0, 0.1) is 0 Å². The molecular weight excluding hydrogens is 422 g/mol. The third-order valence-corrected chi connectivity index (χ3v) is 6.27. The number of hydrogen-bond donors (Lipinski definition) is 1. The van der Waals surface area contributed by atoms with Crippen LogP contribution in [0.3, 0.4) is 0 Å². The smallest absolute Gasteiger partial charge is 0.337 e. The Bertz CT molecular complexity index is 1260. The standard InChI is InChI=1S/C25H25N3O5/c1-32-25(31)17-6-7-20-21(12-17)28(14-18-9-11-33-18)23(26-20)15-27-10-8-16(13-24(27)30)19-4-2-3-5-22(19)29/h2-7,12-13,18,29H,8-11,14-15H2,1H3/t18-/m0/s1. The molecule has 8 nitrogen and oxygen atoms in total. The lowest BCUT2D eigenvalue weighted by Crippen LogP contribution is -2.36. The molecule has 0 saturated carbocycles. The Morgan fingerprint density at radius 2 is 2.09 bits per heavy atom. The number of ether oxygens (including phenoxy) is 2. The normalized spacial score (nSPS) is 18.2. The average Bonchev–Trinajstić information content (AvgIpc) is 3.13. The number of hydrogen-bond acceptors (Lipinski definition) is 6. The zero-order valence-corrected chi connectivity index (χ0v) is 18.4. The maximum Gasteiger partial charge on any atom is 0.337 e. The van der Waals surface area contributed by atoms with Gasteiger partial charge < -0.3 is 24.0 Å². The van der Waals surface area contributed by atoms with Gasteiger partial charge >= 0.3 is 5.97 Å². The molecule has 3 heterocycles. The van der Waals surface area contributed by atoms with Crippen LogP contribution in [0.5, 0.6) is 5.75 Å². The summed E-state index contributed by atoms with van der Waals surface area (Å²) in [6.07, 6.45) is 3.29. The van der Waals surface area contributed by atoms with Crippen LogP contribution in [0.1, 0.15) is 34.6 Å². The number of aromatic nitrogens is 2. The lowest BCUT2D eigenvalue weighted by atomic mass is 9.98. The van der Waals surface area contributed by atoms with Gasteiger partial charge in [0.15, 0.2) is 0 Å². The molecule has 0 spiro atoms. The number of carbonyl (C=O) groups is 2. The quantitative estimate of drug-likeness (QED) is 0.584. The van der Waals surface area contributed by atoms with Gasteiger partial charge in [0.05, 0.1) is 42.9 Å². The fourth-order valence-electron chi connectivity index (χ4n) is 4.34. The van der Waals surface area contributed by atoms with Crippen molar-refractivity contribution in [3.63, 3.8) is 0 Å². The summed E-state index contributed by atoms with van der Waals surface area (Å²) in [7, 11) is 1.36. The molecule has 3 aromatic rings. The first kappa shape index (κ1) is 21.2. The van der Waals surface area contributed by atoms with E-state index in [2.05, 4.69) is 0 Å². The molecule has 0 radical (unpaired) electrons. The van der Waals surface area contributed by atoms with Gasteiger partial charge in [-0.2, -0.15) is 0 Å². The highest BCUT2D eigenvalue weighted by Gasteiger charge is 2.26. The fourth-order valence-corrected chi connectivity index (χ4v) is 4.34. The van der Waals surface area contributed by atoms with Gasteiger partial charge in [0, 0.05) is 24.8 Å². The Kier molecular flexibility index (Phi) is 5.60. The van der Waals surface area contributed by atoms with Crippen molar-refractivity contribution in [1.29, 1.82) is 0 Å². The molecule has 2 aliphatic rings. The topological polar surface area (TPSA) is 93.9 Å². The minimum Gasteiger partial charge on any atom is -0.507 e. The molecule has 0 unspecified atom stereocenters. The third-order valence-electron chi connectivity index (χ3n) is 6.27. The van der Waals surface area contributed by atoms with Gasteiger partial charge in [0.2, 0.25) is 5.91 Å². The molecular formula is C25H25N3O5. The summed E-state index contributed by atoms with van der Waals surface area (Å²) in [6, 6.07) is 12.3. The third kappa shape index (κ3) is 4.09. The Morgan fingerprint density at radius 3 is 2.79 bits per heavy atom. The molecule has 1 fully saturated rings. The molecule has 33 heavy (non-hydrogen) atoms. The molecule has 2 aliphatic heterocycles. The molecule has 0 aliphatic carbocycles. The van der Waals surface area contributed by atoms with E-state index in [1.165, 1.54) is 7.11 Å². The highest BCUT2D eigenvalue weighted by molar-refractivity contribution is 5.97. The first-order chi connectivity index (χ1) is 16.0. The SMILES string of the molecule is COC(=O)c1ccc2nc(CN3CCC(c4ccccc4O)=CC3=O)n(C[C@@H]3CCO3)c2c1. The number of phenolic OH excluding ortho intramolecular Hbond substituents is 1. The van der Waals surface area contributed by atoms with Crippen LogP contribution < -0.4 is 0 Å². The summed E-state index contributed by atoms with van der Waals surface area (Å²) >= 11 is 0. The van der Waals surface area contributed by atoms with Crippen molar-refractivity contribution < 1.29 is 24.2 Å². The largest absolute Gasteiger partial charge is 0.507 e. The predicted molar refractivity (Wildman–Crippen MR) is 122 cm³/mol. The number of para-hydroxylation sites is 1. The van der Waals surface area contributed by atoms with E-state index in [0.29, 0.717) is 37.2 Å². The summed E-state index contributed by atoms with van der Waals surface area (Å²) in [5, 5.41) is 10.1. The number of phenols is 1. The summed E-state index contributed by atoms with van der Waals surface area (Å²) in [4.78, 5) is 31.5. The number of fused-ring (bicyclic) bond motifs is 1. The molecule has 1 N–H and O–H groups in total. The van der Waals surface area contributed by atoms with E-state index in [9.17, 15) is 14.7 Å². The van der Waals surface area contributed by atoms with Gasteiger partial charge in [-0.1, -0.05) is 18.2 Å². The highest BCUT2D eigenvalue weighted by Crippen LogP contribution is 2.30. The maximum absolute atomic E-state index is 12.9. The van der Waals surface area contributed by atoms with Crippen molar-refractivity contribution in [2.75, 3.05) is 20.3 Å². The Labute approximate surface area is 191 Å². The number of carbonyl (C=O) groups excluding carboxylic acids is 2. The number of amides is 1. The molecule has 1 atom stereocenters. The molecule has 2 aromatic carbocycles. The summed E-state index contributed by atoms with van der Waals surface area (Å²) in [6.45, 7) is 2.22. The van der Waals surface area contributed by atoms with Gasteiger partial charge in [-0.25, -0.2) is 9.78 Å². The molecule has 8 heteroatoms. The van der Waals surface area contributed by atoms with Crippen LogP contribution in [-0.2, 0) is 27.4 Å². The highest BCUT2D eigenvalue weighted by atomic mass is 16.5. The van der Waals surface area contributed by atoms with Crippen molar-refractivity contribution in [3.8, 4) is 5.75 Å². The lowest BCUT2D eigenvalue weighted by Gasteiger charge is -2.29. The summed E-state index contributed by atoms with van der Waals surface area (Å²) < 4.78 is 12.5. The first-order valence-corrected chi connectivity index (χ1v) is 11.0. The van der Waals surface area contributed by atoms with E-state index in [1.807, 2.05) is 16.7 Å². The summed E-state index contributed by atoms with van der Waals surface area (Å²) in [5.41, 5.74) is 3.55. The van der Waals surface area contributed by atoms with Crippen molar-refractivity contribution in [1.82, 2.24) is 14.5 Å².